The van der Waals surface area contributed by atoms with E-state index in [-0.39, 0.29) is 24.4 Å². The SMILES string of the molecule is COc1ccc(C2CCCN2C(=O)COc2ccc(F)cc2)cc1OC. The van der Waals surface area contributed by atoms with Crippen LogP contribution in [0.2, 0.25) is 0 Å². The fraction of sp³-hybridized carbons (Fsp3) is 0.350. The van der Waals surface area contributed by atoms with E-state index in [0.29, 0.717) is 23.8 Å². The van der Waals surface area contributed by atoms with Crippen LogP contribution in [-0.4, -0.2) is 38.2 Å². The number of ether oxygens (including phenoxy) is 3. The molecule has 1 atom stereocenters. The Morgan fingerprint density at radius 3 is 2.54 bits per heavy atom. The molecule has 1 heterocycles. The second kappa shape index (κ2) is 8.08. The fourth-order valence-corrected chi connectivity index (χ4v) is 3.23. The topological polar surface area (TPSA) is 48.0 Å². The molecule has 1 unspecified atom stereocenters. The molecule has 1 amide bonds. The lowest BCUT2D eigenvalue weighted by Gasteiger charge is -2.25. The number of halogens is 1. The van der Waals surface area contributed by atoms with Crippen molar-refractivity contribution in [2.24, 2.45) is 0 Å². The van der Waals surface area contributed by atoms with E-state index in [1.54, 1.807) is 14.2 Å². The van der Waals surface area contributed by atoms with Crippen molar-refractivity contribution >= 4 is 5.91 Å². The molecule has 6 heteroatoms. The standard InChI is InChI=1S/C20H22FNO4/c1-24-18-10-5-14(12-19(18)25-2)17-4-3-11-22(17)20(23)13-26-16-8-6-15(21)7-9-16/h5-10,12,17H,3-4,11,13H2,1-2H3. The Labute approximate surface area is 152 Å². The van der Waals surface area contributed by atoms with Gasteiger partial charge in [-0.05, 0) is 54.8 Å². The summed E-state index contributed by atoms with van der Waals surface area (Å²) in [5, 5.41) is 0. The van der Waals surface area contributed by atoms with E-state index in [9.17, 15) is 9.18 Å². The van der Waals surface area contributed by atoms with Crippen LogP contribution in [0.25, 0.3) is 0 Å². The molecular weight excluding hydrogens is 337 g/mol. The van der Waals surface area contributed by atoms with Gasteiger partial charge in [0.15, 0.2) is 18.1 Å². The Bertz CT molecular complexity index is 763. The van der Waals surface area contributed by atoms with E-state index in [0.717, 1.165) is 18.4 Å². The molecule has 0 radical (unpaired) electrons. The number of methoxy groups -OCH3 is 2. The number of carbonyl (C=O) groups is 1. The molecule has 0 spiro atoms. The normalized spacial score (nSPS) is 16.4. The van der Waals surface area contributed by atoms with Gasteiger partial charge in [0, 0.05) is 6.54 Å². The van der Waals surface area contributed by atoms with E-state index >= 15 is 0 Å². The lowest BCUT2D eigenvalue weighted by Crippen LogP contribution is -2.34. The molecule has 5 nitrogen and oxygen atoms in total. The van der Waals surface area contributed by atoms with Crippen LogP contribution in [-0.2, 0) is 4.79 Å². The number of hydrogen-bond donors (Lipinski definition) is 0. The van der Waals surface area contributed by atoms with Crippen molar-refractivity contribution in [3.8, 4) is 17.2 Å². The summed E-state index contributed by atoms with van der Waals surface area (Å²) in [7, 11) is 3.19. The second-order valence-electron chi connectivity index (χ2n) is 6.10. The van der Waals surface area contributed by atoms with Crippen LogP contribution in [0.4, 0.5) is 4.39 Å². The largest absolute Gasteiger partial charge is 0.493 e. The third kappa shape index (κ3) is 3.90. The predicted molar refractivity (Wildman–Crippen MR) is 95.1 cm³/mol. The van der Waals surface area contributed by atoms with E-state index in [1.807, 2.05) is 23.1 Å². The van der Waals surface area contributed by atoms with Crippen LogP contribution in [0.3, 0.4) is 0 Å². The van der Waals surface area contributed by atoms with Gasteiger partial charge in [-0.2, -0.15) is 0 Å². The summed E-state index contributed by atoms with van der Waals surface area (Å²) in [5.74, 6) is 1.35. The maximum Gasteiger partial charge on any atom is 0.261 e. The van der Waals surface area contributed by atoms with Crippen molar-refractivity contribution in [3.05, 3.63) is 53.8 Å². The molecule has 26 heavy (non-hydrogen) atoms. The molecule has 0 saturated carbocycles. The average molecular weight is 359 g/mol. The number of nitrogens with zero attached hydrogens (tertiary/aromatic N) is 1. The predicted octanol–water partition coefficient (Wildman–Crippen LogP) is 3.59. The smallest absolute Gasteiger partial charge is 0.261 e. The number of carbonyl (C=O) groups excluding carboxylic acids is 1. The maximum absolute atomic E-state index is 12.9. The molecular formula is C20H22FNO4. The number of amides is 1. The number of hydrogen-bond acceptors (Lipinski definition) is 4. The highest BCUT2D eigenvalue weighted by molar-refractivity contribution is 5.78. The Kier molecular flexibility index (Phi) is 5.61. The van der Waals surface area contributed by atoms with Crippen LogP contribution in [0.1, 0.15) is 24.4 Å². The highest BCUT2D eigenvalue weighted by Crippen LogP contribution is 2.36. The number of likely N-dealkylation sites (tertiary alicyclic amines) is 1. The zero-order chi connectivity index (χ0) is 18.5. The third-order valence-corrected chi connectivity index (χ3v) is 4.54. The summed E-state index contributed by atoms with van der Waals surface area (Å²) in [6.07, 6.45) is 1.82. The molecule has 0 N–H and O–H groups in total. The van der Waals surface area contributed by atoms with Gasteiger partial charge < -0.3 is 19.1 Å². The molecule has 1 fully saturated rings. The van der Waals surface area contributed by atoms with Gasteiger partial charge >= 0.3 is 0 Å². The van der Waals surface area contributed by atoms with Crippen LogP contribution < -0.4 is 14.2 Å². The Morgan fingerprint density at radius 1 is 1.12 bits per heavy atom. The highest BCUT2D eigenvalue weighted by atomic mass is 19.1. The minimum absolute atomic E-state index is 0.0147. The van der Waals surface area contributed by atoms with Crippen molar-refractivity contribution in [2.45, 2.75) is 18.9 Å². The van der Waals surface area contributed by atoms with Gasteiger partial charge in [0.2, 0.25) is 0 Å². The zero-order valence-corrected chi connectivity index (χ0v) is 14.9. The Hall–Kier alpha value is -2.76. The summed E-state index contributed by atoms with van der Waals surface area (Å²) in [4.78, 5) is 14.4. The van der Waals surface area contributed by atoms with Gasteiger partial charge in [-0.15, -0.1) is 0 Å². The second-order valence-corrected chi connectivity index (χ2v) is 6.10. The van der Waals surface area contributed by atoms with Gasteiger partial charge in [0.1, 0.15) is 11.6 Å². The van der Waals surface area contributed by atoms with Crippen molar-refractivity contribution < 1.29 is 23.4 Å². The van der Waals surface area contributed by atoms with Crippen molar-refractivity contribution in [1.29, 1.82) is 0 Å². The van der Waals surface area contributed by atoms with Gasteiger partial charge in [0.25, 0.3) is 5.91 Å². The van der Waals surface area contributed by atoms with E-state index in [4.69, 9.17) is 14.2 Å². The van der Waals surface area contributed by atoms with Crippen molar-refractivity contribution in [3.63, 3.8) is 0 Å². The highest BCUT2D eigenvalue weighted by Gasteiger charge is 2.30. The minimum Gasteiger partial charge on any atom is -0.493 e. The number of rotatable bonds is 6. The van der Waals surface area contributed by atoms with Crippen LogP contribution >= 0.6 is 0 Å². The molecule has 1 aliphatic heterocycles. The first-order valence-electron chi connectivity index (χ1n) is 8.52. The lowest BCUT2D eigenvalue weighted by molar-refractivity contribution is -0.134. The van der Waals surface area contributed by atoms with Gasteiger partial charge in [-0.25, -0.2) is 4.39 Å². The minimum atomic E-state index is -0.336. The quantitative estimate of drug-likeness (QED) is 0.791. The summed E-state index contributed by atoms with van der Waals surface area (Å²) in [6.45, 7) is 0.611. The Morgan fingerprint density at radius 2 is 1.85 bits per heavy atom. The summed E-state index contributed by atoms with van der Waals surface area (Å²) >= 11 is 0. The first-order chi connectivity index (χ1) is 12.6. The van der Waals surface area contributed by atoms with Crippen LogP contribution in [0.5, 0.6) is 17.2 Å². The zero-order valence-electron chi connectivity index (χ0n) is 14.9. The number of benzene rings is 2. The molecule has 1 saturated heterocycles. The van der Waals surface area contributed by atoms with E-state index < -0.39 is 0 Å². The van der Waals surface area contributed by atoms with Gasteiger partial charge in [-0.3, -0.25) is 4.79 Å². The molecule has 0 aromatic heterocycles. The molecule has 1 aliphatic rings. The van der Waals surface area contributed by atoms with E-state index in [2.05, 4.69) is 0 Å². The molecule has 3 rings (SSSR count). The van der Waals surface area contributed by atoms with Crippen molar-refractivity contribution in [1.82, 2.24) is 4.90 Å². The summed E-state index contributed by atoms with van der Waals surface area (Å²) in [5.41, 5.74) is 1.01. The van der Waals surface area contributed by atoms with Crippen LogP contribution in [0, 0.1) is 5.82 Å². The van der Waals surface area contributed by atoms with Crippen LogP contribution in [0.15, 0.2) is 42.5 Å². The molecule has 0 bridgehead atoms. The van der Waals surface area contributed by atoms with E-state index in [1.165, 1.54) is 24.3 Å². The first kappa shape index (κ1) is 18.0. The third-order valence-electron chi connectivity index (χ3n) is 4.54. The molecule has 0 aliphatic carbocycles. The monoisotopic (exact) mass is 359 g/mol. The molecule has 2 aromatic carbocycles. The first-order valence-corrected chi connectivity index (χ1v) is 8.52. The van der Waals surface area contributed by atoms with Crippen molar-refractivity contribution in [2.75, 3.05) is 27.4 Å². The van der Waals surface area contributed by atoms with Gasteiger partial charge in [-0.1, -0.05) is 6.07 Å². The Balaban J connectivity index is 1.69. The molecule has 2 aromatic rings. The lowest BCUT2D eigenvalue weighted by atomic mass is 10.0. The maximum atomic E-state index is 12.9. The fourth-order valence-electron chi connectivity index (χ4n) is 3.23. The molecule has 138 valence electrons. The van der Waals surface area contributed by atoms with Gasteiger partial charge in [0.05, 0.1) is 20.3 Å². The summed E-state index contributed by atoms with van der Waals surface area (Å²) < 4.78 is 29.1. The summed E-state index contributed by atoms with van der Waals surface area (Å²) in [6, 6.07) is 11.3. The average Bonchev–Trinajstić information content (AvgIpc) is 3.16.